The number of amides is 1. The van der Waals surface area contributed by atoms with Crippen molar-refractivity contribution in [3.05, 3.63) is 12.4 Å². The number of anilines is 1. The molecule has 0 aromatic carbocycles. The standard InChI is InChI=1S/C18H31N7O/c1-15-5-4-7-23(12-15)8-6-20-18(19-2)24-9-10-25(17(26)14-24)16-11-21-22(3)13-16/h11,13,15H,4-10,12,14H2,1-3H3,(H,19,20). The fourth-order valence-electron chi connectivity index (χ4n) is 3.82. The van der Waals surface area contributed by atoms with E-state index in [4.69, 9.17) is 0 Å². The second kappa shape index (κ2) is 8.53. The Morgan fingerprint density at radius 3 is 2.88 bits per heavy atom. The van der Waals surface area contributed by atoms with Crippen LogP contribution in [0.1, 0.15) is 19.8 Å². The molecule has 3 heterocycles. The summed E-state index contributed by atoms with van der Waals surface area (Å²) in [6, 6.07) is 0. The van der Waals surface area contributed by atoms with Crippen molar-refractivity contribution in [2.45, 2.75) is 19.8 Å². The van der Waals surface area contributed by atoms with Crippen LogP contribution in [-0.4, -0.2) is 84.3 Å². The molecule has 1 amide bonds. The van der Waals surface area contributed by atoms with Crippen molar-refractivity contribution >= 4 is 17.6 Å². The van der Waals surface area contributed by atoms with Crippen LogP contribution >= 0.6 is 0 Å². The van der Waals surface area contributed by atoms with Gasteiger partial charge in [-0.15, -0.1) is 0 Å². The van der Waals surface area contributed by atoms with Crippen LogP contribution in [0.25, 0.3) is 0 Å². The lowest BCUT2D eigenvalue weighted by Gasteiger charge is -2.36. The number of likely N-dealkylation sites (tertiary alicyclic amines) is 1. The summed E-state index contributed by atoms with van der Waals surface area (Å²) in [5.74, 6) is 1.69. The highest BCUT2D eigenvalue weighted by atomic mass is 16.2. The number of piperazine rings is 1. The summed E-state index contributed by atoms with van der Waals surface area (Å²) in [7, 11) is 3.64. The number of rotatable bonds is 4. The van der Waals surface area contributed by atoms with E-state index in [1.165, 1.54) is 25.9 Å². The van der Waals surface area contributed by atoms with Crippen molar-refractivity contribution in [2.75, 3.05) is 57.8 Å². The van der Waals surface area contributed by atoms with Crippen LogP contribution in [0.4, 0.5) is 5.69 Å². The minimum atomic E-state index is 0.0806. The van der Waals surface area contributed by atoms with Gasteiger partial charge in [0.1, 0.15) is 6.54 Å². The predicted molar refractivity (Wildman–Crippen MR) is 103 cm³/mol. The molecule has 144 valence electrons. The van der Waals surface area contributed by atoms with E-state index < -0.39 is 0 Å². The topological polar surface area (TPSA) is 69.0 Å². The molecule has 1 atom stereocenters. The fourth-order valence-corrected chi connectivity index (χ4v) is 3.82. The molecule has 0 radical (unpaired) electrons. The molecule has 0 spiro atoms. The van der Waals surface area contributed by atoms with Gasteiger partial charge in [0.05, 0.1) is 11.9 Å². The number of aliphatic imine (C=N–C) groups is 1. The Morgan fingerprint density at radius 1 is 1.38 bits per heavy atom. The number of carbonyl (C=O) groups is 1. The molecule has 0 bridgehead atoms. The van der Waals surface area contributed by atoms with Gasteiger partial charge in [-0.3, -0.25) is 14.5 Å². The molecule has 0 saturated carbocycles. The highest BCUT2D eigenvalue weighted by Gasteiger charge is 2.27. The van der Waals surface area contributed by atoms with Crippen LogP contribution < -0.4 is 10.2 Å². The van der Waals surface area contributed by atoms with Gasteiger partial charge in [-0.1, -0.05) is 6.92 Å². The first kappa shape index (κ1) is 18.7. The third-order valence-electron chi connectivity index (χ3n) is 5.19. The lowest BCUT2D eigenvalue weighted by Crippen LogP contribution is -2.56. The molecule has 0 aliphatic carbocycles. The molecule has 1 unspecified atom stereocenters. The Bertz CT molecular complexity index is 641. The third kappa shape index (κ3) is 4.55. The number of hydrogen-bond acceptors (Lipinski definition) is 4. The molecule has 2 fully saturated rings. The van der Waals surface area contributed by atoms with Gasteiger partial charge in [0.25, 0.3) is 0 Å². The minimum absolute atomic E-state index is 0.0806. The lowest BCUT2D eigenvalue weighted by molar-refractivity contribution is -0.120. The SMILES string of the molecule is CN=C(NCCN1CCCC(C)C1)N1CCN(c2cnn(C)c2)C(=O)C1. The van der Waals surface area contributed by atoms with Crippen LogP contribution in [0.2, 0.25) is 0 Å². The van der Waals surface area contributed by atoms with Crippen LogP contribution in [0.15, 0.2) is 17.4 Å². The van der Waals surface area contributed by atoms with Gasteiger partial charge < -0.3 is 20.0 Å². The summed E-state index contributed by atoms with van der Waals surface area (Å²) >= 11 is 0. The second-order valence-electron chi connectivity index (χ2n) is 7.36. The molecule has 2 aliphatic rings. The second-order valence-corrected chi connectivity index (χ2v) is 7.36. The van der Waals surface area contributed by atoms with Gasteiger partial charge >= 0.3 is 0 Å². The maximum atomic E-state index is 12.5. The lowest BCUT2D eigenvalue weighted by atomic mass is 10.0. The largest absolute Gasteiger partial charge is 0.355 e. The molecule has 2 aliphatic heterocycles. The summed E-state index contributed by atoms with van der Waals surface area (Å²) in [4.78, 5) is 23.3. The summed E-state index contributed by atoms with van der Waals surface area (Å²) in [5, 5.41) is 7.58. The molecular weight excluding hydrogens is 330 g/mol. The van der Waals surface area contributed by atoms with Crippen molar-refractivity contribution in [3.63, 3.8) is 0 Å². The Hall–Kier alpha value is -2.09. The Balaban J connectivity index is 1.48. The average Bonchev–Trinajstić information content (AvgIpc) is 3.05. The van der Waals surface area contributed by atoms with Crippen molar-refractivity contribution in [3.8, 4) is 0 Å². The summed E-state index contributed by atoms with van der Waals surface area (Å²) in [5.41, 5.74) is 0.860. The van der Waals surface area contributed by atoms with Crippen LogP contribution in [-0.2, 0) is 11.8 Å². The number of carbonyl (C=O) groups excluding carboxylic acids is 1. The molecule has 1 aromatic rings. The van der Waals surface area contributed by atoms with Crippen LogP contribution in [0, 0.1) is 5.92 Å². The first-order chi connectivity index (χ1) is 12.6. The summed E-state index contributed by atoms with van der Waals surface area (Å²) in [6.07, 6.45) is 6.25. The molecule has 3 rings (SSSR count). The zero-order valence-electron chi connectivity index (χ0n) is 16.2. The van der Waals surface area contributed by atoms with E-state index in [0.29, 0.717) is 13.1 Å². The molecule has 26 heavy (non-hydrogen) atoms. The van der Waals surface area contributed by atoms with E-state index >= 15 is 0 Å². The van der Waals surface area contributed by atoms with Gasteiger partial charge in [-0.05, 0) is 25.3 Å². The molecule has 2 saturated heterocycles. The quantitative estimate of drug-likeness (QED) is 0.620. The summed E-state index contributed by atoms with van der Waals surface area (Å²) in [6.45, 7) is 8.33. The van der Waals surface area contributed by atoms with Gasteiger partial charge in [0.15, 0.2) is 5.96 Å². The van der Waals surface area contributed by atoms with Gasteiger partial charge in [0, 0.05) is 53.0 Å². The van der Waals surface area contributed by atoms with Crippen molar-refractivity contribution < 1.29 is 4.79 Å². The van der Waals surface area contributed by atoms with Gasteiger partial charge in [0.2, 0.25) is 5.91 Å². The number of nitrogens with one attached hydrogen (secondary N) is 1. The maximum Gasteiger partial charge on any atom is 0.246 e. The first-order valence-corrected chi connectivity index (χ1v) is 9.54. The highest BCUT2D eigenvalue weighted by molar-refractivity contribution is 5.98. The molecule has 1 N–H and O–H groups in total. The fraction of sp³-hybridized carbons (Fsp3) is 0.722. The molecule has 1 aromatic heterocycles. The van der Waals surface area contributed by atoms with E-state index in [2.05, 4.69) is 27.2 Å². The van der Waals surface area contributed by atoms with E-state index in [-0.39, 0.29) is 5.91 Å². The van der Waals surface area contributed by atoms with Crippen LogP contribution in [0.5, 0.6) is 0 Å². The summed E-state index contributed by atoms with van der Waals surface area (Å²) < 4.78 is 1.72. The number of nitrogens with zero attached hydrogens (tertiary/aromatic N) is 6. The molecule has 8 nitrogen and oxygen atoms in total. The number of piperidine rings is 1. The third-order valence-corrected chi connectivity index (χ3v) is 5.19. The predicted octanol–water partition coefficient (Wildman–Crippen LogP) is 0.376. The van der Waals surface area contributed by atoms with E-state index in [1.807, 2.05) is 18.1 Å². The zero-order valence-corrected chi connectivity index (χ0v) is 16.2. The Morgan fingerprint density at radius 2 is 2.23 bits per heavy atom. The highest BCUT2D eigenvalue weighted by Crippen LogP contribution is 2.16. The minimum Gasteiger partial charge on any atom is -0.355 e. The Labute approximate surface area is 155 Å². The number of aromatic nitrogens is 2. The van der Waals surface area contributed by atoms with Gasteiger partial charge in [-0.25, -0.2) is 0 Å². The molecular formula is C18H31N7O. The maximum absolute atomic E-state index is 12.5. The Kier molecular flexibility index (Phi) is 6.13. The van der Waals surface area contributed by atoms with Crippen molar-refractivity contribution in [1.29, 1.82) is 0 Å². The zero-order chi connectivity index (χ0) is 18.5. The van der Waals surface area contributed by atoms with Crippen LogP contribution in [0.3, 0.4) is 0 Å². The number of aryl methyl sites for hydroxylation is 1. The van der Waals surface area contributed by atoms with E-state index in [0.717, 1.165) is 37.2 Å². The average molecular weight is 361 g/mol. The molecule has 8 heteroatoms. The van der Waals surface area contributed by atoms with Gasteiger partial charge in [-0.2, -0.15) is 5.10 Å². The smallest absolute Gasteiger partial charge is 0.246 e. The first-order valence-electron chi connectivity index (χ1n) is 9.54. The monoisotopic (exact) mass is 361 g/mol. The normalized spacial score (nSPS) is 22.8. The van der Waals surface area contributed by atoms with Crippen molar-refractivity contribution in [1.82, 2.24) is 24.9 Å². The number of hydrogen-bond donors (Lipinski definition) is 1. The van der Waals surface area contributed by atoms with Crippen molar-refractivity contribution in [2.24, 2.45) is 18.0 Å². The number of guanidine groups is 1. The van der Waals surface area contributed by atoms with E-state index in [1.54, 1.807) is 22.8 Å². The van der Waals surface area contributed by atoms with E-state index in [9.17, 15) is 4.79 Å².